The molecule has 0 heterocycles. The number of nitrogens with two attached hydrogens (primary N) is 1. The van der Waals surface area contributed by atoms with E-state index in [1.165, 1.54) is 11.8 Å². The van der Waals surface area contributed by atoms with Crippen molar-refractivity contribution in [2.45, 2.75) is 125 Å². The van der Waals surface area contributed by atoms with Crippen LogP contribution in [0.2, 0.25) is 0 Å². The topological polar surface area (TPSA) is 487 Å². The number of carboxylic acids is 2. The minimum absolute atomic E-state index is 0.166. The molecule has 0 saturated heterocycles. The molecule has 9 amide bonds. The van der Waals surface area contributed by atoms with Crippen LogP contribution in [0.25, 0.3) is 0 Å². The fourth-order valence-corrected chi connectivity index (χ4v) is 6.43. The lowest BCUT2D eigenvalue weighted by atomic mass is 10.1. The molecule has 0 spiro atoms. The van der Waals surface area contributed by atoms with E-state index in [1.807, 2.05) is 11.6 Å². The number of thioether (sulfide) groups is 1. The van der Waals surface area contributed by atoms with E-state index in [0.717, 1.165) is 13.8 Å². The lowest BCUT2D eigenvalue weighted by molar-refractivity contribution is -0.404. The van der Waals surface area contributed by atoms with Gasteiger partial charge in [-0.25, -0.2) is 4.79 Å². The van der Waals surface area contributed by atoms with E-state index < -0.39 is 170 Å². The summed E-state index contributed by atoms with van der Waals surface area (Å²) in [7, 11) is 0. The van der Waals surface area contributed by atoms with Crippen LogP contribution in [0.1, 0.15) is 58.8 Å². The fourth-order valence-electron chi connectivity index (χ4n) is 5.65. The quantitative estimate of drug-likeness (QED) is 0.0210. The second-order valence-electron chi connectivity index (χ2n) is 15.1. The van der Waals surface area contributed by atoms with Crippen molar-refractivity contribution >= 4 is 89.5 Å². The first-order valence-corrected chi connectivity index (χ1v) is 22.9. The van der Waals surface area contributed by atoms with Gasteiger partial charge in [-0.3, -0.25) is 47.9 Å². The van der Waals surface area contributed by atoms with Gasteiger partial charge in [0.05, 0.1) is 38.4 Å². The molecule has 22 N–H and O–H groups in total. The Labute approximate surface area is 394 Å². The van der Waals surface area contributed by atoms with Crippen molar-refractivity contribution in [2.75, 3.05) is 37.5 Å². The van der Waals surface area contributed by atoms with Gasteiger partial charge in [0.15, 0.2) is 12.1 Å². The highest BCUT2D eigenvalue weighted by atomic mass is 32.2. The first kappa shape index (κ1) is 61.6. The second-order valence-corrected chi connectivity index (χ2v) is 16.5. The number of unbranched alkanes of at least 4 members (excludes halogenated alkanes) is 1. The molecule has 0 bridgehead atoms. The van der Waals surface area contributed by atoms with Crippen LogP contribution in [0.15, 0.2) is 0 Å². The number of carbonyl (C=O) groups is 11. The number of aliphatic hydroxyl groups excluding tert-OH is 4. The summed E-state index contributed by atoms with van der Waals surface area (Å²) in [5.74, 6) is -12.9. The molecule has 0 rings (SSSR count). The molecule has 0 aliphatic carbocycles. The normalized spacial score (nSPS) is 16.0. The van der Waals surface area contributed by atoms with E-state index >= 15 is 0 Å². The third-order valence-electron chi connectivity index (χ3n) is 9.55. The van der Waals surface area contributed by atoms with E-state index in [2.05, 4.69) is 61.3 Å². The summed E-state index contributed by atoms with van der Waals surface area (Å²) < 4.78 is 0. The average Bonchev–Trinajstić information content (AvgIpc) is 3.25. The van der Waals surface area contributed by atoms with Gasteiger partial charge in [0.25, 0.3) is 5.91 Å². The Morgan fingerprint density at radius 3 is 1.48 bits per heavy atom. The highest BCUT2D eigenvalue weighted by Crippen LogP contribution is 2.07. The van der Waals surface area contributed by atoms with Gasteiger partial charge >= 0.3 is 11.9 Å². The number of hydrogen-bond donors (Lipinski definition) is 18. The molecule has 0 aromatic heterocycles. The number of aliphatic carboxylic acids is 2. The molecule has 0 aromatic carbocycles. The SMILES string of the molecule is CSCC[C@H]([NH3+])C(=O)N[C@@H](CO)C(=O)N[C@@H](CS)C(=O)N[C@@H](CC(=O)O)C(=O)N[C@@H](CCCC[NH3+])C(=O)N[C@@H](CO)C(=O)N[C@H](C(=O)N[C@@H](CCC(N)=O)C(=O)N[C@H](C(=O)O)[C@@H](C)O)[C@@H](C)O. The minimum atomic E-state index is -1.93. The minimum Gasteiger partial charge on any atom is -0.481 e. The molecule has 0 unspecified atom stereocenters. The first-order valence-electron chi connectivity index (χ1n) is 20.8. The highest BCUT2D eigenvalue weighted by molar-refractivity contribution is 7.98. The number of hydrogen-bond acceptors (Lipinski definition) is 17. The molecule has 11 atom stereocenters. The molecule has 0 saturated carbocycles. The van der Waals surface area contributed by atoms with E-state index in [9.17, 15) is 83.4 Å². The van der Waals surface area contributed by atoms with Crippen LogP contribution in [-0.2, 0) is 52.7 Å². The molecule has 0 aliphatic heterocycles. The maximum absolute atomic E-state index is 13.6. The Morgan fingerprint density at radius 1 is 0.582 bits per heavy atom. The second kappa shape index (κ2) is 32.4. The van der Waals surface area contributed by atoms with Crippen molar-refractivity contribution in [1.29, 1.82) is 0 Å². The van der Waals surface area contributed by atoms with E-state index in [1.54, 1.807) is 0 Å². The number of thiol groups is 1. The maximum Gasteiger partial charge on any atom is 0.328 e. The van der Waals surface area contributed by atoms with Gasteiger partial charge in [-0.2, -0.15) is 24.4 Å². The summed E-state index contributed by atoms with van der Waals surface area (Å²) in [4.78, 5) is 140. The van der Waals surface area contributed by atoms with Gasteiger partial charge < -0.3 is 90.4 Å². The monoisotopic (exact) mass is 1000 g/mol. The molecule has 0 radical (unpaired) electrons. The number of primary amides is 1. The average molecular weight is 1000 g/mol. The highest BCUT2D eigenvalue weighted by Gasteiger charge is 2.37. The van der Waals surface area contributed by atoms with Crippen molar-refractivity contribution < 1.29 is 94.8 Å². The molecule has 67 heavy (non-hydrogen) atoms. The van der Waals surface area contributed by atoms with Crippen LogP contribution in [0, 0.1) is 0 Å². The molecular formula is C37H67N11O17S2+2. The zero-order chi connectivity index (χ0) is 51.6. The third-order valence-corrected chi connectivity index (χ3v) is 10.6. The smallest absolute Gasteiger partial charge is 0.328 e. The van der Waals surface area contributed by atoms with Crippen LogP contribution in [0.3, 0.4) is 0 Å². The van der Waals surface area contributed by atoms with Crippen LogP contribution in [0.4, 0.5) is 0 Å². The zero-order valence-corrected chi connectivity index (χ0v) is 39.1. The summed E-state index contributed by atoms with van der Waals surface area (Å²) in [6.45, 7) is 0.446. The molecule has 30 heteroatoms. The lowest BCUT2D eigenvalue weighted by Crippen LogP contribution is -2.69. The van der Waals surface area contributed by atoms with Gasteiger partial charge in [-0.05, 0) is 51.5 Å². The number of carbonyl (C=O) groups excluding carboxylic acids is 9. The van der Waals surface area contributed by atoms with Gasteiger partial charge in [0.1, 0.15) is 42.3 Å². The van der Waals surface area contributed by atoms with E-state index in [-0.39, 0.29) is 12.8 Å². The van der Waals surface area contributed by atoms with Gasteiger partial charge in [-0.1, -0.05) is 0 Å². The molecule has 0 fully saturated rings. The number of nitrogens with one attached hydrogen (secondary N) is 8. The maximum atomic E-state index is 13.6. The predicted molar refractivity (Wildman–Crippen MR) is 236 cm³/mol. The lowest BCUT2D eigenvalue weighted by Gasteiger charge is -2.28. The fraction of sp³-hybridized carbons (Fsp3) is 0.703. The number of quaternary nitrogens is 2. The van der Waals surface area contributed by atoms with Crippen LogP contribution in [0.5, 0.6) is 0 Å². The number of carboxylic acid groups (broad SMARTS) is 2. The zero-order valence-electron chi connectivity index (χ0n) is 37.4. The van der Waals surface area contributed by atoms with E-state index in [4.69, 9.17) is 5.73 Å². The molecule has 28 nitrogen and oxygen atoms in total. The molecule has 0 aliphatic rings. The van der Waals surface area contributed by atoms with Gasteiger partial charge in [0, 0.05) is 18.6 Å². The summed E-state index contributed by atoms with van der Waals surface area (Å²) in [5, 5.41) is 76.5. The Kier molecular flexibility index (Phi) is 29.8. The largest absolute Gasteiger partial charge is 0.481 e. The predicted octanol–water partition coefficient (Wildman–Crippen LogP) is -9.86. The Balaban J connectivity index is 6.26. The number of rotatable bonds is 34. The number of aliphatic hydroxyl groups is 4. The van der Waals surface area contributed by atoms with Crippen molar-refractivity contribution in [3.63, 3.8) is 0 Å². The van der Waals surface area contributed by atoms with Crippen molar-refractivity contribution in [3.05, 3.63) is 0 Å². The number of amides is 9. The molecular weight excluding hydrogens is 935 g/mol. The summed E-state index contributed by atoms with van der Waals surface area (Å²) in [6, 6.07) is -14.7. The van der Waals surface area contributed by atoms with Crippen molar-refractivity contribution in [3.8, 4) is 0 Å². The molecule has 382 valence electrons. The Morgan fingerprint density at radius 2 is 1.00 bits per heavy atom. The first-order chi connectivity index (χ1) is 31.4. The van der Waals surface area contributed by atoms with Crippen LogP contribution >= 0.6 is 24.4 Å². The van der Waals surface area contributed by atoms with Crippen molar-refractivity contribution in [1.82, 2.24) is 42.5 Å². The van der Waals surface area contributed by atoms with Crippen LogP contribution < -0.4 is 59.7 Å². The Hall–Kier alpha value is -5.37. The van der Waals surface area contributed by atoms with Crippen molar-refractivity contribution in [2.24, 2.45) is 5.73 Å². The summed E-state index contributed by atoms with van der Waals surface area (Å²) in [6.07, 6.45) is -2.77. The van der Waals surface area contributed by atoms with Crippen LogP contribution in [-0.4, -0.2) is 200 Å². The van der Waals surface area contributed by atoms with Gasteiger partial charge in [0.2, 0.25) is 47.3 Å². The standard InChI is InChI=1S/C37H65N11O17S2/c1-16(51)27(36(63)42-20(7-8-25(40)53)31(58)48-28(17(2)52)37(64)65)47-34(61)23(14-50)45-30(57)19(6-4-5-10-38)41-32(59)21(12-26(54)55)43-35(62)24(15-66)46-33(60)22(13-49)44-29(56)18(39)9-11-67-3/h16-24,27-28,49-52,66H,4-15,38-39H2,1-3H3,(H2,40,53)(H,41,59)(H,42,63)(H,43,62)(H,44,56)(H,45,57)(H,46,60)(H,47,61)(H,48,58)(H,54,55)(H,64,65)/p+2/t16-,17-,18+,19+,20+,21+,22+,23+,24+,27+,28+/m1/s1. The van der Waals surface area contributed by atoms with E-state index in [0.29, 0.717) is 25.1 Å². The summed E-state index contributed by atoms with van der Waals surface area (Å²) in [5.41, 5.74) is 12.6. The van der Waals surface area contributed by atoms with Gasteiger partial charge in [-0.15, -0.1) is 0 Å². The molecule has 0 aromatic rings. The Bertz CT molecular complexity index is 1710. The third kappa shape index (κ3) is 23.3. The summed E-state index contributed by atoms with van der Waals surface area (Å²) >= 11 is 5.51.